The molecule has 0 radical (unpaired) electrons. The Balaban J connectivity index is 2.46. The maximum absolute atomic E-state index is 13.8. The number of hydrogen-bond acceptors (Lipinski definition) is 4. The number of nitrogens with two attached hydrogens (primary N) is 1. The first kappa shape index (κ1) is 12.2. The summed E-state index contributed by atoms with van der Waals surface area (Å²) in [5.74, 6) is -0.784. The van der Waals surface area contributed by atoms with E-state index in [1.165, 1.54) is 18.5 Å². The highest BCUT2D eigenvalue weighted by molar-refractivity contribution is 5.64. The van der Waals surface area contributed by atoms with E-state index in [0.29, 0.717) is 11.1 Å². The number of hydrogen-bond donors (Lipinski definition) is 2. The number of benzene rings is 1. The number of aromatic nitrogens is 2. The standard InChI is InChI=1S/C12H12F2N4/c1-6-3-4-8(13)10(9(6)14)18-12-7(2)11(15)16-5-17-12/h3-5H,1-2H3,(H3,15,16,17,18). The minimum absolute atomic E-state index is 0.240. The molecule has 0 unspecified atom stereocenters. The third-order valence-corrected chi connectivity index (χ3v) is 2.65. The molecule has 1 heterocycles. The van der Waals surface area contributed by atoms with E-state index in [4.69, 9.17) is 5.73 Å². The van der Waals surface area contributed by atoms with Gasteiger partial charge >= 0.3 is 0 Å². The van der Waals surface area contributed by atoms with E-state index in [9.17, 15) is 8.78 Å². The Morgan fingerprint density at radius 2 is 1.89 bits per heavy atom. The van der Waals surface area contributed by atoms with Crippen molar-refractivity contribution < 1.29 is 8.78 Å². The fraction of sp³-hybridized carbons (Fsp3) is 0.167. The number of nitrogens with zero attached hydrogens (tertiary/aromatic N) is 2. The van der Waals surface area contributed by atoms with Crippen molar-refractivity contribution in [2.24, 2.45) is 0 Å². The van der Waals surface area contributed by atoms with E-state index >= 15 is 0 Å². The fourth-order valence-electron chi connectivity index (χ4n) is 1.48. The summed E-state index contributed by atoms with van der Waals surface area (Å²) in [4.78, 5) is 7.69. The van der Waals surface area contributed by atoms with Crippen molar-refractivity contribution in [2.75, 3.05) is 11.1 Å². The molecule has 94 valence electrons. The molecular formula is C12H12F2N4. The molecule has 18 heavy (non-hydrogen) atoms. The molecule has 0 aliphatic rings. The Morgan fingerprint density at radius 3 is 2.61 bits per heavy atom. The van der Waals surface area contributed by atoms with Gasteiger partial charge in [0.1, 0.15) is 29.5 Å². The first-order valence-corrected chi connectivity index (χ1v) is 5.29. The average Bonchev–Trinajstić information content (AvgIpc) is 2.35. The van der Waals surface area contributed by atoms with Gasteiger partial charge in [0.05, 0.1) is 0 Å². The molecule has 0 saturated carbocycles. The zero-order valence-corrected chi connectivity index (χ0v) is 9.96. The number of halogens is 2. The minimum Gasteiger partial charge on any atom is -0.383 e. The lowest BCUT2D eigenvalue weighted by Gasteiger charge is -2.12. The van der Waals surface area contributed by atoms with Gasteiger partial charge in [-0.3, -0.25) is 0 Å². The second-order valence-electron chi connectivity index (χ2n) is 3.91. The number of nitrogens with one attached hydrogen (secondary N) is 1. The molecule has 0 amide bonds. The van der Waals surface area contributed by atoms with Gasteiger partial charge in [0.15, 0.2) is 5.82 Å². The molecule has 0 fully saturated rings. The van der Waals surface area contributed by atoms with E-state index in [1.54, 1.807) is 13.8 Å². The van der Waals surface area contributed by atoms with E-state index in [0.717, 1.165) is 0 Å². The van der Waals surface area contributed by atoms with E-state index in [-0.39, 0.29) is 17.3 Å². The van der Waals surface area contributed by atoms with Crippen molar-refractivity contribution in [3.05, 3.63) is 41.2 Å². The Morgan fingerprint density at radius 1 is 1.17 bits per heavy atom. The van der Waals surface area contributed by atoms with Gasteiger partial charge in [-0.05, 0) is 25.5 Å². The summed E-state index contributed by atoms with van der Waals surface area (Å²) in [6, 6.07) is 2.57. The predicted molar refractivity (Wildman–Crippen MR) is 65.6 cm³/mol. The maximum atomic E-state index is 13.8. The van der Waals surface area contributed by atoms with Crippen LogP contribution in [0.1, 0.15) is 11.1 Å². The van der Waals surface area contributed by atoms with Crippen LogP contribution in [0.4, 0.5) is 26.1 Å². The van der Waals surface area contributed by atoms with Gasteiger partial charge in [-0.25, -0.2) is 18.7 Å². The summed E-state index contributed by atoms with van der Waals surface area (Å²) in [5.41, 5.74) is 6.25. The quantitative estimate of drug-likeness (QED) is 0.860. The molecule has 0 aliphatic heterocycles. The van der Waals surface area contributed by atoms with Gasteiger partial charge in [0, 0.05) is 5.56 Å². The van der Waals surface area contributed by atoms with E-state index in [1.807, 2.05) is 0 Å². The number of anilines is 3. The average molecular weight is 250 g/mol. The molecule has 1 aromatic heterocycles. The monoisotopic (exact) mass is 250 g/mol. The van der Waals surface area contributed by atoms with Crippen LogP contribution in [0.15, 0.2) is 18.5 Å². The van der Waals surface area contributed by atoms with Crippen molar-refractivity contribution in [3.63, 3.8) is 0 Å². The molecule has 4 nitrogen and oxygen atoms in total. The SMILES string of the molecule is Cc1ccc(F)c(Nc2ncnc(N)c2C)c1F. The Bertz CT molecular complexity index is 599. The lowest BCUT2D eigenvalue weighted by Crippen LogP contribution is -2.05. The zero-order valence-electron chi connectivity index (χ0n) is 9.96. The van der Waals surface area contributed by atoms with Crippen LogP contribution in [0.25, 0.3) is 0 Å². The molecule has 6 heteroatoms. The van der Waals surface area contributed by atoms with Crippen LogP contribution in [-0.2, 0) is 0 Å². The summed E-state index contributed by atoms with van der Waals surface area (Å²) in [7, 11) is 0. The van der Waals surface area contributed by atoms with Crippen molar-refractivity contribution in [1.82, 2.24) is 9.97 Å². The second kappa shape index (κ2) is 4.56. The molecular weight excluding hydrogens is 238 g/mol. The summed E-state index contributed by atoms with van der Waals surface area (Å²) >= 11 is 0. The Hall–Kier alpha value is -2.24. The molecule has 0 saturated heterocycles. The third kappa shape index (κ3) is 2.09. The first-order chi connectivity index (χ1) is 8.50. The molecule has 0 spiro atoms. The van der Waals surface area contributed by atoms with Gasteiger partial charge < -0.3 is 11.1 Å². The Kier molecular flexibility index (Phi) is 3.10. The fourth-order valence-corrected chi connectivity index (χ4v) is 1.48. The highest BCUT2D eigenvalue weighted by Crippen LogP contribution is 2.26. The second-order valence-corrected chi connectivity index (χ2v) is 3.91. The lowest BCUT2D eigenvalue weighted by atomic mass is 10.2. The van der Waals surface area contributed by atoms with Crippen LogP contribution in [0, 0.1) is 25.5 Å². The molecule has 0 aliphatic carbocycles. The van der Waals surface area contributed by atoms with Gasteiger partial charge in [0.2, 0.25) is 0 Å². The molecule has 0 bridgehead atoms. The maximum Gasteiger partial charge on any atom is 0.152 e. The smallest absolute Gasteiger partial charge is 0.152 e. The van der Waals surface area contributed by atoms with Crippen LogP contribution in [0.3, 0.4) is 0 Å². The molecule has 0 atom stereocenters. The summed E-state index contributed by atoms with van der Waals surface area (Å²) < 4.78 is 27.4. The van der Waals surface area contributed by atoms with Crippen molar-refractivity contribution >= 4 is 17.3 Å². The number of nitrogen functional groups attached to an aromatic ring is 1. The molecule has 1 aromatic carbocycles. The van der Waals surface area contributed by atoms with Gasteiger partial charge in [-0.15, -0.1) is 0 Å². The molecule has 3 N–H and O–H groups in total. The Labute approximate surface area is 103 Å². The lowest BCUT2D eigenvalue weighted by molar-refractivity contribution is 0.584. The van der Waals surface area contributed by atoms with Crippen molar-refractivity contribution in [3.8, 4) is 0 Å². The first-order valence-electron chi connectivity index (χ1n) is 5.29. The van der Waals surface area contributed by atoms with Crippen molar-refractivity contribution in [2.45, 2.75) is 13.8 Å². The van der Waals surface area contributed by atoms with Crippen LogP contribution < -0.4 is 11.1 Å². The van der Waals surface area contributed by atoms with E-state index < -0.39 is 11.6 Å². The zero-order chi connectivity index (χ0) is 13.3. The predicted octanol–water partition coefficient (Wildman–Crippen LogP) is 2.70. The molecule has 2 rings (SSSR count). The topological polar surface area (TPSA) is 63.8 Å². The highest BCUT2D eigenvalue weighted by Gasteiger charge is 2.13. The van der Waals surface area contributed by atoms with Crippen molar-refractivity contribution in [1.29, 1.82) is 0 Å². The minimum atomic E-state index is -0.685. The van der Waals surface area contributed by atoms with Gasteiger partial charge in [-0.2, -0.15) is 0 Å². The summed E-state index contributed by atoms with van der Waals surface area (Å²) in [5, 5.41) is 2.61. The summed E-state index contributed by atoms with van der Waals surface area (Å²) in [6.45, 7) is 3.23. The normalized spacial score (nSPS) is 10.4. The van der Waals surface area contributed by atoms with Crippen LogP contribution >= 0.6 is 0 Å². The van der Waals surface area contributed by atoms with E-state index in [2.05, 4.69) is 15.3 Å². The number of rotatable bonds is 2. The molecule has 2 aromatic rings. The largest absolute Gasteiger partial charge is 0.383 e. The van der Waals surface area contributed by atoms with Crippen LogP contribution in [0.5, 0.6) is 0 Å². The summed E-state index contributed by atoms with van der Waals surface area (Å²) in [6.07, 6.45) is 1.23. The van der Waals surface area contributed by atoms with Crippen LogP contribution in [0.2, 0.25) is 0 Å². The van der Waals surface area contributed by atoms with Gasteiger partial charge in [0.25, 0.3) is 0 Å². The number of aryl methyl sites for hydroxylation is 1. The van der Waals surface area contributed by atoms with Gasteiger partial charge in [-0.1, -0.05) is 6.07 Å². The highest BCUT2D eigenvalue weighted by atomic mass is 19.1. The van der Waals surface area contributed by atoms with Crippen LogP contribution in [-0.4, -0.2) is 9.97 Å². The third-order valence-electron chi connectivity index (χ3n) is 2.65.